The highest BCUT2D eigenvalue weighted by Gasteiger charge is 2.11. The Morgan fingerprint density at radius 2 is 1.72 bits per heavy atom. The van der Waals surface area contributed by atoms with Crippen LogP contribution in [0.1, 0.15) is 29.8 Å². The molecule has 0 aliphatic carbocycles. The molecule has 1 amide bonds. The van der Waals surface area contributed by atoms with E-state index in [1.54, 1.807) is 17.0 Å². The number of aliphatic imine (C=N–C) groups is 1. The van der Waals surface area contributed by atoms with Crippen LogP contribution < -0.4 is 11.5 Å². The summed E-state index contributed by atoms with van der Waals surface area (Å²) >= 11 is 0. The van der Waals surface area contributed by atoms with E-state index in [9.17, 15) is 4.79 Å². The summed E-state index contributed by atoms with van der Waals surface area (Å²) in [6, 6.07) is 7.34. The number of nitrogens with zero attached hydrogens (tertiary/aromatic N) is 2. The van der Waals surface area contributed by atoms with Gasteiger partial charge in [-0.25, -0.2) is 4.99 Å². The van der Waals surface area contributed by atoms with Crippen molar-refractivity contribution in [1.82, 2.24) is 4.90 Å². The van der Waals surface area contributed by atoms with Crippen LogP contribution >= 0.6 is 0 Å². The first-order chi connectivity index (χ1) is 8.58. The summed E-state index contributed by atoms with van der Waals surface area (Å²) in [6.07, 6.45) is 0. The fourth-order valence-electron chi connectivity index (χ4n) is 1.63. The van der Waals surface area contributed by atoms with Gasteiger partial charge in [0.05, 0.1) is 6.54 Å². The van der Waals surface area contributed by atoms with E-state index in [0.29, 0.717) is 25.2 Å². The van der Waals surface area contributed by atoms with Crippen LogP contribution in [0.15, 0.2) is 29.3 Å². The van der Waals surface area contributed by atoms with Gasteiger partial charge in [-0.3, -0.25) is 4.79 Å². The molecule has 98 valence electrons. The Labute approximate surface area is 107 Å². The molecule has 5 nitrogen and oxygen atoms in total. The zero-order chi connectivity index (χ0) is 13.5. The number of benzene rings is 1. The first-order valence-corrected chi connectivity index (χ1v) is 6.02. The number of hydrogen-bond acceptors (Lipinski definition) is 2. The first kappa shape index (κ1) is 14.0. The number of nitrogens with two attached hydrogens (primary N) is 2. The second-order valence-electron chi connectivity index (χ2n) is 3.92. The number of rotatable bonds is 5. The molecule has 0 radical (unpaired) electrons. The van der Waals surface area contributed by atoms with Crippen molar-refractivity contribution in [3.8, 4) is 0 Å². The van der Waals surface area contributed by atoms with Crippen molar-refractivity contribution in [2.45, 2.75) is 20.4 Å². The maximum atomic E-state index is 12.0. The second-order valence-corrected chi connectivity index (χ2v) is 3.92. The lowest BCUT2D eigenvalue weighted by molar-refractivity contribution is 0.0773. The van der Waals surface area contributed by atoms with Gasteiger partial charge in [0.15, 0.2) is 5.96 Å². The van der Waals surface area contributed by atoms with E-state index in [1.807, 2.05) is 26.0 Å². The molecule has 0 aliphatic rings. The van der Waals surface area contributed by atoms with Crippen LogP contribution in [0.3, 0.4) is 0 Å². The third kappa shape index (κ3) is 3.76. The lowest BCUT2D eigenvalue weighted by Gasteiger charge is -2.18. The molecule has 0 aromatic heterocycles. The van der Waals surface area contributed by atoms with E-state index < -0.39 is 0 Å². The zero-order valence-corrected chi connectivity index (χ0v) is 10.9. The van der Waals surface area contributed by atoms with Gasteiger partial charge >= 0.3 is 0 Å². The maximum absolute atomic E-state index is 12.0. The quantitative estimate of drug-likeness (QED) is 0.601. The van der Waals surface area contributed by atoms with Crippen molar-refractivity contribution in [3.63, 3.8) is 0 Å². The van der Waals surface area contributed by atoms with Crippen molar-refractivity contribution in [2.24, 2.45) is 16.5 Å². The van der Waals surface area contributed by atoms with Crippen molar-refractivity contribution >= 4 is 11.9 Å². The van der Waals surface area contributed by atoms with E-state index in [4.69, 9.17) is 11.5 Å². The SMILES string of the molecule is CCN(CC)C(=O)c1ccc(CN=C(N)N)cc1. The Balaban J connectivity index is 2.76. The van der Waals surface area contributed by atoms with Gasteiger partial charge in [0, 0.05) is 18.7 Å². The number of amides is 1. The Morgan fingerprint density at radius 3 is 2.17 bits per heavy atom. The number of carbonyl (C=O) groups is 1. The van der Waals surface area contributed by atoms with Crippen LogP contribution in [0.2, 0.25) is 0 Å². The molecule has 0 bridgehead atoms. The first-order valence-electron chi connectivity index (χ1n) is 6.02. The molecule has 4 N–H and O–H groups in total. The van der Waals surface area contributed by atoms with Gasteiger partial charge in [-0.1, -0.05) is 12.1 Å². The van der Waals surface area contributed by atoms with Crippen LogP contribution in [0.25, 0.3) is 0 Å². The highest BCUT2D eigenvalue weighted by Crippen LogP contribution is 2.08. The average Bonchev–Trinajstić information content (AvgIpc) is 2.38. The molecule has 0 aliphatic heterocycles. The topological polar surface area (TPSA) is 84.7 Å². The highest BCUT2D eigenvalue weighted by atomic mass is 16.2. The number of hydrogen-bond donors (Lipinski definition) is 2. The summed E-state index contributed by atoms with van der Waals surface area (Å²) < 4.78 is 0. The largest absolute Gasteiger partial charge is 0.370 e. The monoisotopic (exact) mass is 248 g/mol. The van der Waals surface area contributed by atoms with Gasteiger partial charge in [-0.15, -0.1) is 0 Å². The summed E-state index contributed by atoms with van der Waals surface area (Å²) in [7, 11) is 0. The van der Waals surface area contributed by atoms with E-state index in [1.165, 1.54) is 0 Å². The summed E-state index contributed by atoms with van der Waals surface area (Å²) in [4.78, 5) is 17.7. The van der Waals surface area contributed by atoms with E-state index >= 15 is 0 Å². The van der Waals surface area contributed by atoms with Gasteiger partial charge in [-0.05, 0) is 31.5 Å². The summed E-state index contributed by atoms with van der Waals surface area (Å²) in [5.74, 6) is 0.117. The predicted octanol–water partition coefficient (Wildman–Crippen LogP) is 0.942. The minimum atomic E-state index is 0.0494. The molecule has 0 atom stereocenters. The molecule has 0 spiro atoms. The third-order valence-electron chi connectivity index (χ3n) is 2.70. The molecule has 0 saturated carbocycles. The van der Waals surface area contributed by atoms with Gasteiger partial charge in [0.2, 0.25) is 0 Å². The molecule has 0 heterocycles. The lowest BCUT2D eigenvalue weighted by Crippen LogP contribution is -2.30. The van der Waals surface area contributed by atoms with Gasteiger partial charge in [0.1, 0.15) is 0 Å². The summed E-state index contributed by atoms with van der Waals surface area (Å²) in [5.41, 5.74) is 12.2. The van der Waals surface area contributed by atoms with Gasteiger partial charge in [0.25, 0.3) is 5.91 Å². The van der Waals surface area contributed by atoms with Crippen molar-refractivity contribution < 1.29 is 4.79 Å². The molecule has 1 rings (SSSR count). The van der Waals surface area contributed by atoms with Crippen molar-refractivity contribution in [2.75, 3.05) is 13.1 Å². The van der Waals surface area contributed by atoms with Gasteiger partial charge < -0.3 is 16.4 Å². The average molecular weight is 248 g/mol. The van der Waals surface area contributed by atoms with Crippen molar-refractivity contribution in [1.29, 1.82) is 0 Å². The molecule has 0 unspecified atom stereocenters. The Morgan fingerprint density at radius 1 is 1.17 bits per heavy atom. The lowest BCUT2D eigenvalue weighted by atomic mass is 10.1. The maximum Gasteiger partial charge on any atom is 0.253 e. The summed E-state index contributed by atoms with van der Waals surface area (Å²) in [6.45, 7) is 5.79. The molecule has 5 heteroatoms. The number of guanidine groups is 1. The third-order valence-corrected chi connectivity index (χ3v) is 2.70. The molecular weight excluding hydrogens is 228 g/mol. The predicted molar refractivity (Wildman–Crippen MR) is 73.2 cm³/mol. The molecule has 0 saturated heterocycles. The Bertz CT molecular complexity index is 417. The molecular formula is C13H20N4O. The van der Waals surface area contributed by atoms with Gasteiger partial charge in [-0.2, -0.15) is 0 Å². The summed E-state index contributed by atoms with van der Waals surface area (Å²) in [5, 5.41) is 0. The Hall–Kier alpha value is -2.04. The standard InChI is InChI=1S/C13H20N4O/c1-3-17(4-2)12(18)11-7-5-10(6-8-11)9-16-13(14)15/h5-8H,3-4,9H2,1-2H3,(H4,14,15,16). The van der Waals surface area contributed by atoms with E-state index in [0.717, 1.165) is 5.56 Å². The minimum Gasteiger partial charge on any atom is -0.370 e. The molecule has 1 aromatic rings. The smallest absolute Gasteiger partial charge is 0.253 e. The molecule has 0 fully saturated rings. The van der Waals surface area contributed by atoms with Crippen LogP contribution in [-0.4, -0.2) is 29.9 Å². The number of carbonyl (C=O) groups excluding carboxylic acids is 1. The highest BCUT2D eigenvalue weighted by molar-refractivity contribution is 5.94. The molecule has 1 aromatic carbocycles. The zero-order valence-electron chi connectivity index (χ0n) is 10.9. The normalized spacial score (nSPS) is 9.89. The van der Waals surface area contributed by atoms with Crippen LogP contribution in [0.4, 0.5) is 0 Å². The van der Waals surface area contributed by atoms with Crippen LogP contribution in [-0.2, 0) is 6.54 Å². The van der Waals surface area contributed by atoms with Crippen LogP contribution in [0, 0.1) is 0 Å². The van der Waals surface area contributed by atoms with Crippen LogP contribution in [0.5, 0.6) is 0 Å². The minimum absolute atomic E-state index is 0.0494. The fourth-order valence-corrected chi connectivity index (χ4v) is 1.63. The second kappa shape index (κ2) is 6.64. The Kier molecular flexibility index (Phi) is 5.17. The van der Waals surface area contributed by atoms with E-state index in [2.05, 4.69) is 4.99 Å². The van der Waals surface area contributed by atoms with Crippen molar-refractivity contribution in [3.05, 3.63) is 35.4 Å². The fraction of sp³-hybridized carbons (Fsp3) is 0.385. The molecule has 18 heavy (non-hydrogen) atoms. The van der Waals surface area contributed by atoms with E-state index in [-0.39, 0.29) is 11.9 Å².